The van der Waals surface area contributed by atoms with E-state index in [-0.39, 0.29) is 0 Å². The lowest BCUT2D eigenvalue weighted by atomic mass is 9.84. The van der Waals surface area contributed by atoms with E-state index in [1.807, 2.05) is 0 Å². The number of benzene rings is 1. The molecule has 2 aliphatic heterocycles. The molecule has 0 radical (unpaired) electrons. The molecule has 92 valence electrons. The lowest BCUT2D eigenvalue weighted by Gasteiger charge is -2.40. The van der Waals surface area contributed by atoms with Crippen LogP contribution in [0.25, 0.3) is 0 Å². The van der Waals surface area contributed by atoms with Gasteiger partial charge in [0.05, 0.1) is 19.8 Å². The molecule has 3 nitrogen and oxygen atoms in total. The number of hydrogen-bond donors (Lipinski definition) is 1. The van der Waals surface area contributed by atoms with Crippen LogP contribution in [0.15, 0.2) is 24.3 Å². The van der Waals surface area contributed by atoms with Gasteiger partial charge in [0.15, 0.2) is 5.79 Å². The van der Waals surface area contributed by atoms with Crippen LogP contribution in [0.2, 0.25) is 0 Å². The molecule has 2 heterocycles. The van der Waals surface area contributed by atoms with Gasteiger partial charge >= 0.3 is 0 Å². The third kappa shape index (κ3) is 1.99. The molecular weight excluding hydrogens is 214 g/mol. The highest BCUT2D eigenvalue weighted by atomic mass is 16.7. The van der Waals surface area contributed by atoms with Crippen molar-refractivity contribution in [3.05, 3.63) is 35.4 Å². The Balaban J connectivity index is 1.91. The monoisotopic (exact) mass is 233 g/mol. The molecule has 17 heavy (non-hydrogen) atoms. The molecule has 1 aromatic rings. The normalized spacial score (nSPS) is 27.5. The minimum Gasteiger partial charge on any atom is -0.346 e. The van der Waals surface area contributed by atoms with Crippen LogP contribution in [-0.4, -0.2) is 32.1 Å². The van der Waals surface area contributed by atoms with E-state index in [0.29, 0.717) is 19.1 Å². The molecule has 0 amide bonds. The molecule has 3 rings (SSSR count). The van der Waals surface area contributed by atoms with Crippen LogP contribution in [0.1, 0.15) is 23.5 Å². The van der Waals surface area contributed by atoms with Gasteiger partial charge in [-0.2, -0.15) is 0 Å². The Morgan fingerprint density at radius 1 is 1.18 bits per heavy atom. The molecule has 0 aromatic heterocycles. The highest BCUT2D eigenvalue weighted by Gasteiger charge is 2.46. The molecule has 1 unspecified atom stereocenters. The van der Waals surface area contributed by atoms with Crippen molar-refractivity contribution in [3.63, 3.8) is 0 Å². The number of rotatable bonds is 1. The maximum absolute atomic E-state index is 5.89. The average molecular weight is 233 g/mol. The fourth-order valence-electron chi connectivity index (χ4n) is 2.85. The van der Waals surface area contributed by atoms with E-state index in [2.05, 4.69) is 36.5 Å². The highest BCUT2D eigenvalue weighted by molar-refractivity contribution is 5.27. The molecule has 2 aliphatic rings. The summed E-state index contributed by atoms with van der Waals surface area (Å²) < 4.78 is 11.8. The van der Waals surface area contributed by atoms with Crippen LogP contribution < -0.4 is 5.32 Å². The van der Waals surface area contributed by atoms with E-state index < -0.39 is 5.79 Å². The molecule has 2 saturated heterocycles. The first kappa shape index (κ1) is 11.2. The van der Waals surface area contributed by atoms with Crippen molar-refractivity contribution in [3.8, 4) is 0 Å². The Bertz CT molecular complexity index is 382. The van der Waals surface area contributed by atoms with Crippen molar-refractivity contribution in [2.24, 2.45) is 0 Å². The minimum atomic E-state index is -0.423. The number of aryl methyl sites for hydroxylation is 1. The van der Waals surface area contributed by atoms with Crippen molar-refractivity contribution in [2.45, 2.75) is 25.0 Å². The molecular formula is C14H19NO2. The Morgan fingerprint density at radius 2 is 1.88 bits per heavy atom. The SMILES string of the molecule is Cc1ccc(C2CCNCC23OCCO3)cc1. The van der Waals surface area contributed by atoms with E-state index in [9.17, 15) is 0 Å². The predicted octanol–water partition coefficient (Wildman–Crippen LogP) is 1.82. The van der Waals surface area contributed by atoms with E-state index in [0.717, 1.165) is 19.5 Å². The van der Waals surface area contributed by atoms with Crippen molar-refractivity contribution >= 4 is 0 Å². The third-order valence-corrected chi connectivity index (χ3v) is 3.77. The van der Waals surface area contributed by atoms with Crippen LogP contribution in [0, 0.1) is 6.92 Å². The van der Waals surface area contributed by atoms with Gasteiger partial charge in [0.1, 0.15) is 0 Å². The molecule has 0 bridgehead atoms. The number of nitrogens with one attached hydrogen (secondary N) is 1. The second-order valence-electron chi connectivity index (χ2n) is 4.94. The smallest absolute Gasteiger partial charge is 0.187 e. The third-order valence-electron chi connectivity index (χ3n) is 3.77. The van der Waals surface area contributed by atoms with Crippen LogP contribution >= 0.6 is 0 Å². The molecule has 1 aromatic carbocycles. The van der Waals surface area contributed by atoms with Gasteiger partial charge in [-0.05, 0) is 25.5 Å². The van der Waals surface area contributed by atoms with E-state index >= 15 is 0 Å². The van der Waals surface area contributed by atoms with Gasteiger partial charge in [0.25, 0.3) is 0 Å². The quantitative estimate of drug-likeness (QED) is 0.802. The van der Waals surface area contributed by atoms with Gasteiger partial charge in [0, 0.05) is 5.92 Å². The van der Waals surface area contributed by atoms with E-state index in [1.54, 1.807) is 0 Å². The molecule has 0 aliphatic carbocycles. The Hall–Kier alpha value is -0.900. The first-order chi connectivity index (χ1) is 8.30. The van der Waals surface area contributed by atoms with Crippen LogP contribution in [0.4, 0.5) is 0 Å². The average Bonchev–Trinajstić information content (AvgIpc) is 2.80. The minimum absolute atomic E-state index is 0.354. The lowest BCUT2D eigenvalue weighted by molar-refractivity contribution is -0.181. The zero-order valence-corrected chi connectivity index (χ0v) is 10.2. The summed E-state index contributed by atoms with van der Waals surface area (Å²) in [5.74, 6) is -0.0695. The molecule has 0 saturated carbocycles. The van der Waals surface area contributed by atoms with Crippen molar-refractivity contribution in [2.75, 3.05) is 26.3 Å². The molecule has 3 heteroatoms. The number of ether oxygens (including phenoxy) is 2. The summed E-state index contributed by atoms with van der Waals surface area (Å²) in [5.41, 5.74) is 2.63. The summed E-state index contributed by atoms with van der Waals surface area (Å²) in [6.07, 6.45) is 1.07. The van der Waals surface area contributed by atoms with Crippen LogP contribution in [0.5, 0.6) is 0 Å². The summed E-state index contributed by atoms with van der Waals surface area (Å²) in [6.45, 7) is 5.37. The summed E-state index contributed by atoms with van der Waals surface area (Å²) in [4.78, 5) is 0. The Morgan fingerprint density at radius 3 is 2.59 bits per heavy atom. The van der Waals surface area contributed by atoms with Crippen molar-refractivity contribution < 1.29 is 9.47 Å². The standard InChI is InChI=1S/C14H19NO2/c1-11-2-4-12(5-3-11)13-6-7-15-10-14(13)16-8-9-17-14/h2-5,13,15H,6-10H2,1H3. The van der Waals surface area contributed by atoms with E-state index in [1.165, 1.54) is 11.1 Å². The van der Waals surface area contributed by atoms with Gasteiger partial charge < -0.3 is 14.8 Å². The molecule has 1 N–H and O–H groups in total. The van der Waals surface area contributed by atoms with Crippen LogP contribution in [-0.2, 0) is 9.47 Å². The second kappa shape index (κ2) is 4.41. The summed E-state index contributed by atoms with van der Waals surface area (Å²) >= 11 is 0. The number of piperidine rings is 1. The maximum atomic E-state index is 5.89. The first-order valence-electron chi connectivity index (χ1n) is 6.35. The Labute approximate surface area is 102 Å². The molecule has 1 spiro atoms. The topological polar surface area (TPSA) is 30.5 Å². The maximum Gasteiger partial charge on any atom is 0.187 e. The zero-order valence-electron chi connectivity index (χ0n) is 10.2. The molecule has 1 atom stereocenters. The fourth-order valence-corrected chi connectivity index (χ4v) is 2.85. The lowest BCUT2D eigenvalue weighted by Crippen LogP contribution is -2.51. The summed E-state index contributed by atoms with van der Waals surface area (Å²) in [5, 5.41) is 3.38. The van der Waals surface area contributed by atoms with Gasteiger partial charge in [-0.3, -0.25) is 0 Å². The van der Waals surface area contributed by atoms with Crippen molar-refractivity contribution in [1.29, 1.82) is 0 Å². The predicted molar refractivity (Wildman–Crippen MR) is 66.0 cm³/mol. The second-order valence-corrected chi connectivity index (χ2v) is 4.94. The van der Waals surface area contributed by atoms with E-state index in [4.69, 9.17) is 9.47 Å². The molecule has 2 fully saturated rings. The highest BCUT2D eigenvalue weighted by Crippen LogP contribution is 2.39. The summed E-state index contributed by atoms with van der Waals surface area (Å²) in [7, 11) is 0. The first-order valence-corrected chi connectivity index (χ1v) is 6.35. The summed E-state index contributed by atoms with van der Waals surface area (Å²) in [6, 6.07) is 8.75. The zero-order chi connectivity index (χ0) is 11.7. The number of hydrogen-bond acceptors (Lipinski definition) is 3. The fraction of sp³-hybridized carbons (Fsp3) is 0.571. The van der Waals surface area contributed by atoms with Gasteiger partial charge in [-0.15, -0.1) is 0 Å². The Kier molecular flexibility index (Phi) is 2.90. The van der Waals surface area contributed by atoms with Crippen LogP contribution in [0.3, 0.4) is 0 Å². The van der Waals surface area contributed by atoms with Crippen molar-refractivity contribution in [1.82, 2.24) is 5.32 Å². The van der Waals surface area contributed by atoms with Gasteiger partial charge in [-0.25, -0.2) is 0 Å². The van der Waals surface area contributed by atoms with Gasteiger partial charge in [0.2, 0.25) is 0 Å². The largest absolute Gasteiger partial charge is 0.346 e. The van der Waals surface area contributed by atoms with Gasteiger partial charge in [-0.1, -0.05) is 29.8 Å².